The van der Waals surface area contributed by atoms with Crippen molar-refractivity contribution in [3.8, 4) is 11.3 Å². The van der Waals surface area contributed by atoms with Crippen LogP contribution >= 0.6 is 22.7 Å². The third-order valence-electron chi connectivity index (χ3n) is 5.59. The number of esters is 1. The van der Waals surface area contributed by atoms with Crippen molar-refractivity contribution < 1.29 is 18.9 Å². The number of aromatic nitrogens is 1. The standard InChI is InChI=1S/C25H19N3O6S2/c1-3-33-24(30)21-14(2)26-25-27(22(21)19-5-4-12-35-19)23(29)20(36-25)13-17-10-11-18(34-17)15-6-8-16(9-7-15)28(31)32/h4-13,22H,3H2,1-2H3/b20-13-/t22-/m0/s1. The van der Waals surface area contributed by atoms with Gasteiger partial charge in [0.25, 0.3) is 11.2 Å². The maximum absolute atomic E-state index is 13.5. The van der Waals surface area contributed by atoms with Gasteiger partial charge in [-0.2, -0.15) is 0 Å². The van der Waals surface area contributed by atoms with Gasteiger partial charge in [-0.3, -0.25) is 19.5 Å². The topological polar surface area (TPSA) is 117 Å². The molecule has 9 nitrogen and oxygen atoms in total. The van der Waals surface area contributed by atoms with Crippen molar-refractivity contribution in [1.29, 1.82) is 0 Å². The maximum atomic E-state index is 13.5. The molecule has 0 amide bonds. The molecule has 3 aromatic heterocycles. The van der Waals surface area contributed by atoms with Gasteiger partial charge in [0.05, 0.1) is 27.3 Å². The first kappa shape index (κ1) is 23.6. The summed E-state index contributed by atoms with van der Waals surface area (Å²) in [5, 5.41) is 12.8. The normalized spacial score (nSPS) is 15.5. The van der Waals surface area contributed by atoms with Crippen molar-refractivity contribution in [3.05, 3.63) is 106 Å². The zero-order chi connectivity index (χ0) is 25.4. The fraction of sp³-hybridized carbons (Fsp3) is 0.160. The van der Waals surface area contributed by atoms with E-state index in [1.165, 1.54) is 39.4 Å². The van der Waals surface area contributed by atoms with E-state index in [1.807, 2.05) is 17.5 Å². The molecule has 1 aliphatic rings. The summed E-state index contributed by atoms with van der Waals surface area (Å²) in [5.41, 5.74) is 1.23. The Morgan fingerprint density at radius 3 is 2.69 bits per heavy atom. The molecule has 0 bridgehead atoms. The fourth-order valence-electron chi connectivity index (χ4n) is 3.97. The molecule has 182 valence electrons. The molecule has 1 aromatic carbocycles. The summed E-state index contributed by atoms with van der Waals surface area (Å²) in [6, 6.07) is 12.6. The molecule has 1 aliphatic heterocycles. The Balaban J connectivity index is 1.57. The van der Waals surface area contributed by atoms with Crippen molar-refractivity contribution in [1.82, 2.24) is 4.57 Å². The number of carbonyl (C=O) groups excluding carboxylic acids is 1. The number of non-ortho nitro benzene ring substituents is 1. The Morgan fingerprint density at radius 2 is 2.03 bits per heavy atom. The minimum absolute atomic E-state index is 0.00980. The zero-order valence-corrected chi connectivity index (χ0v) is 20.8. The number of hydrogen-bond acceptors (Lipinski definition) is 9. The van der Waals surface area contributed by atoms with Gasteiger partial charge in [-0.15, -0.1) is 11.3 Å². The number of nitrogens with zero attached hydrogens (tertiary/aromatic N) is 3. The third-order valence-corrected chi connectivity index (χ3v) is 7.50. The van der Waals surface area contributed by atoms with E-state index < -0.39 is 16.9 Å². The SMILES string of the molecule is CCOC(=O)C1=C(C)N=c2s/c(=C\c3ccc(-c4ccc([N+](=O)[O-])cc4)o3)c(=O)n2[C@H]1c1cccs1. The van der Waals surface area contributed by atoms with E-state index in [1.54, 1.807) is 44.2 Å². The molecule has 0 unspecified atom stereocenters. The molecule has 5 rings (SSSR count). The molecule has 0 saturated carbocycles. The second-order valence-electron chi connectivity index (χ2n) is 7.82. The molecule has 36 heavy (non-hydrogen) atoms. The number of hydrogen-bond donors (Lipinski definition) is 0. The van der Waals surface area contributed by atoms with Crippen LogP contribution in [0.3, 0.4) is 0 Å². The number of allylic oxidation sites excluding steroid dienone is 1. The first-order valence-electron chi connectivity index (χ1n) is 10.9. The highest BCUT2D eigenvalue weighted by molar-refractivity contribution is 7.10. The number of thiazole rings is 1. The summed E-state index contributed by atoms with van der Waals surface area (Å²) in [6.07, 6.45) is 1.63. The van der Waals surface area contributed by atoms with Crippen molar-refractivity contribution in [2.24, 2.45) is 4.99 Å². The van der Waals surface area contributed by atoms with Crippen molar-refractivity contribution >= 4 is 40.4 Å². The van der Waals surface area contributed by atoms with Gasteiger partial charge in [-0.25, -0.2) is 9.79 Å². The second-order valence-corrected chi connectivity index (χ2v) is 9.81. The molecule has 4 aromatic rings. The summed E-state index contributed by atoms with van der Waals surface area (Å²) in [7, 11) is 0. The summed E-state index contributed by atoms with van der Waals surface area (Å²) >= 11 is 2.66. The quantitative estimate of drug-likeness (QED) is 0.215. The molecule has 0 radical (unpaired) electrons. The highest BCUT2D eigenvalue weighted by Gasteiger charge is 2.33. The molecule has 0 fully saturated rings. The van der Waals surface area contributed by atoms with Crippen molar-refractivity contribution in [2.45, 2.75) is 19.9 Å². The number of ether oxygens (including phenoxy) is 1. The molecular formula is C25H19N3O6S2. The Morgan fingerprint density at radius 1 is 1.25 bits per heavy atom. The van der Waals surface area contributed by atoms with E-state index in [4.69, 9.17) is 9.15 Å². The summed E-state index contributed by atoms with van der Waals surface area (Å²) in [4.78, 5) is 42.7. The number of carbonyl (C=O) groups is 1. The van der Waals surface area contributed by atoms with Crippen LogP contribution in [-0.2, 0) is 9.53 Å². The first-order valence-corrected chi connectivity index (χ1v) is 12.6. The average molecular weight is 522 g/mol. The molecule has 0 aliphatic carbocycles. The van der Waals surface area contributed by atoms with Gasteiger partial charge in [0.2, 0.25) is 0 Å². The fourth-order valence-corrected chi connectivity index (χ4v) is 5.82. The van der Waals surface area contributed by atoms with Crippen LogP contribution in [0.2, 0.25) is 0 Å². The third kappa shape index (κ3) is 4.23. The Kier molecular flexibility index (Phi) is 6.25. The Hall–Kier alpha value is -4.09. The maximum Gasteiger partial charge on any atom is 0.338 e. The number of nitro groups is 1. The van der Waals surface area contributed by atoms with Crippen LogP contribution < -0.4 is 14.9 Å². The van der Waals surface area contributed by atoms with Crippen LogP contribution in [0, 0.1) is 10.1 Å². The molecule has 11 heteroatoms. The van der Waals surface area contributed by atoms with Crippen molar-refractivity contribution in [2.75, 3.05) is 6.61 Å². The zero-order valence-electron chi connectivity index (χ0n) is 19.2. The molecular weight excluding hydrogens is 502 g/mol. The van der Waals surface area contributed by atoms with Crippen LogP contribution in [0.5, 0.6) is 0 Å². The van der Waals surface area contributed by atoms with Gasteiger partial charge in [0.1, 0.15) is 17.6 Å². The predicted octanol–water partition coefficient (Wildman–Crippen LogP) is 4.03. The second kappa shape index (κ2) is 9.51. The summed E-state index contributed by atoms with van der Waals surface area (Å²) in [6.45, 7) is 3.69. The minimum atomic E-state index is -0.630. The number of thiophene rings is 1. The lowest BCUT2D eigenvalue weighted by Crippen LogP contribution is -2.39. The van der Waals surface area contributed by atoms with Crippen molar-refractivity contribution in [3.63, 3.8) is 0 Å². The molecule has 0 saturated heterocycles. The number of furan rings is 1. The van der Waals surface area contributed by atoms with Gasteiger partial charge in [-0.1, -0.05) is 17.4 Å². The van der Waals surface area contributed by atoms with Crippen LogP contribution in [0.25, 0.3) is 17.4 Å². The lowest BCUT2D eigenvalue weighted by atomic mass is 10.0. The predicted molar refractivity (Wildman–Crippen MR) is 136 cm³/mol. The molecule has 0 N–H and O–H groups in total. The number of nitro benzene ring substituents is 1. The Labute approximate surface area is 212 Å². The van der Waals surface area contributed by atoms with E-state index in [0.717, 1.165) is 4.88 Å². The molecule has 4 heterocycles. The van der Waals surface area contributed by atoms with E-state index in [0.29, 0.717) is 37.7 Å². The minimum Gasteiger partial charge on any atom is -0.463 e. The Bertz CT molecular complexity index is 1670. The van der Waals surface area contributed by atoms with Gasteiger partial charge in [0.15, 0.2) is 4.80 Å². The highest BCUT2D eigenvalue weighted by Crippen LogP contribution is 2.33. The summed E-state index contributed by atoms with van der Waals surface area (Å²) in [5.74, 6) is 0.466. The van der Waals surface area contributed by atoms with Gasteiger partial charge in [0, 0.05) is 28.6 Å². The highest BCUT2D eigenvalue weighted by atomic mass is 32.1. The lowest BCUT2D eigenvalue weighted by molar-refractivity contribution is -0.384. The summed E-state index contributed by atoms with van der Waals surface area (Å²) < 4.78 is 13.1. The van der Waals surface area contributed by atoms with E-state index in [-0.39, 0.29) is 17.9 Å². The van der Waals surface area contributed by atoms with Crippen LogP contribution in [0.4, 0.5) is 5.69 Å². The largest absolute Gasteiger partial charge is 0.463 e. The van der Waals surface area contributed by atoms with Crippen LogP contribution in [0.15, 0.2) is 79.4 Å². The number of rotatable bonds is 6. The van der Waals surface area contributed by atoms with E-state index in [9.17, 15) is 19.7 Å². The monoisotopic (exact) mass is 521 g/mol. The van der Waals surface area contributed by atoms with Gasteiger partial charge >= 0.3 is 5.97 Å². The first-order chi connectivity index (χ1) is 17.4. The van der Waals surface area contributed by atoms with Gasteiger partial charge < -0.3 is 9.15 Å². The molecule has 0 spiro atoms. The van der Waals surface area contributed by atoms with E-state index >= 15 is 0 Å². The van der Waals surface area contributed by atoms with E-state index in [2.05, 4.69) is 4.99 Å². The number of fused-ring (bicyclic) bond motifs is 1. The van der Waals surface area contributed by atoms with Crippen LogP contribution in [0.1, 0.15) is 30.5 Å². The number of benzene rings is 1. The molecule has 1 atom stereocenters. The van der Waals surface area contributed by atoms with Crippen LogP contribution in [-0.4, -0.2) is 22.1 Å². The van der Waals surface area contributed by atoms with Gasteiger partial charge in [-0.05, 0) is 49.6 Å². The lowest BCUT2D eigenvalue weighted by Gasteiger charge is -2.23. The average Bonchev–Trinajstić information content (AvgIpc) is 3.60. The smallest absolute Gasteiger partial charge is 0.338 e.